The first kappa shape index (κ1) is 14.3. The highest BCUT2D eigenvalue weighted by Crippen LogP contribution is 2.36. The first-order valence-corrected chi connectivity index (χ1v) is 7.61. The molecule has 0 bridgehead atoms. The van der Waals surface area contributed by atoms with Crippen molar-refractivity contribution in [3.05, 3.63) is 71.8 Å². The fourth-order valence-corrected chi connectivity index (χ4v) is 2.74. The summed E-state index contributed by atoms with van der Waals surface area (Å²) in [6.45, 7) is 0.152. The van der Waals surface area contributed by atoms with E-state index >= 15 is 0 Å². The van der Waals surface area contributed by atoms with Gasteiger partial charge in [-0.3, -0.25) is 4.79 Å². The Balaban J connectivity index is 1.62. The summed E-state index contributed by atoms with van der Waals surface area (Å²) >= 11 is 0. The van der Waals surface area contributed by atoms with Crippen LogP contribution in [0.3, 0.4) is 0 Å². The van der Waals surface area contributed by atoms with E-state index in [9.17, 15) is 4.79 Å². The molecule has 24 heavy (non-hydrogen) atoms. The Bertz CT molecular complexity index is 976. The Hall–Kier alpha value is -3.27. The monoisotopic (exact) mass is 317 g/mol. The van der Waals surface area contributed by atoms with E-state index in [-0.39, 0.29) is 12.6 Å². The molecule has 0 aliphatic carbocycles. The van der Waals surface area contributed by atoms with E-state index in [1.54, 1.807) is 18.2 Å². The molecule has 4 heteroatoms. The molecule has 0 spiro atoms. The lowest BCUT2D eigenvalue weighted by atomic mass is 10.0. The van der Waals surface area contributed by atoms with Crippen LogP contribution in [-0.4, -0.2) is 12.6 Å². The number of nitrogens with two attached hydrogens (primary N) is 1. The maximum atomic E-state index is 12.4. The second-order valence-electron chi connectivity index (χ2n) is 5.60. The second-order valence-corrected chi connectivity index (χ2v) is 5.60. The van der Waals surface area contributed by atoms with Gasteiger partial charge in [0.05, 0.1) is 0 Å². The first-order valence-electron chi connectivity index (χ1n) is 7.61. The molecule has 0 atom stereocenters. The smallest absolute Gasteiger partial charge is 0.231 e. The fraction of sp³-hybridized carbons (Fsp3) is 0.0500. The summed E-state index contributed by atoms with van der Waals surface area (Å²) in [5.41, 5.74) is 7.70. The van der Waals surface area contributed by atoms with Gasteiger partial charge in [-0.2, -0.15) is 0 Å². The Morgan fingerprint density at radius 3 is 2.54 bits per heavy atom. The lowest BCUT2D eigenvalue weighted by molar-refractivity contribution is 0.104. The molecular formula is C20H15NO3. The molecule has 1 aliphatic rings. The van der Waals surface area contributed by atoms with E-state index in [2.05, 4.69) is 6.07 Å². The van der Waals surface area contributed by atoms with Crippen LogP contribution in [0.25, 0.3) is 16.8 Å². The number of hydrogen-bond donors (Lipinski definition) is 1. The quantitative estimate of drug-likeness (QED) is 0.450. The summed E-state index contributed by atoms with van der Waals surface area (Å²) in [6.07, 6.45) is 3.32. The van der Waals surface area contributed by atoms with Crippen LogP contribution in [0.1, 0.15) is 15.9 Å². The zero-order valence-electron chi connectivity index (χ0n) is 12.9. The Morgan fingerprint density at radius 1 is 0.958 bits per heavy atom. The molecule has 0 aromatic heterocycles. The van der Waals surface area contributed by atoms with Crippen molar-refractivity contribution in [2.24, 2.45) is 0 Å². The van der Waals surface area contributed by atoms with Gasteiger partial charge in [0.15, 0.2) is 17.3 Å². The Kier molecular flexibility index (Phi) is 3.43. The molecule has 0 radical (unpaired) electrons. The van der Waals surface area contributed by atoms with Crippen LogP contribution < -0.4 is 15.2 Å². The molecule has 1 heterocycles. The fourth-order valence-electron chi connectivity index (χ4n) is 2.74. The summed E-state index contributed by atoms with van der Waals surface area (Å²) < 4.78 is 10.6. The van der Waals surface area contributed by atoms with Gasteiger partial charge >= 0.3 is 0 Å². The van der Waals surface area contributed by atoms with Crippen LogP contribution in [0.5, 0.6) is 11.5 Å². The van der Waals surface area contributed by atoms with Crippen molar-refractivity contribution in [2.75, 3.05) is 12.5 Å². The number of ketones is 1. The zero-order chi connectivity index (χ0) is 16.5. The molecule has 4 nitrogen and oxygen atoms in total. The molecule has 4 rings (SSSR count). The minimum atomic E-state index is -0.168. The maximum absolute atomic E-state index is 12.4. The topological polar surface area (TPSA) is 61.6 Å². The number of hydrogen-bond acceptors (Lipinski definition) is 4. The van der Waals surface area contributed by atoms with Crippen molar-refractivity contribution in [1.29, 1.82) is 0 Å². The van der Waals surface area contributed by atoms with Gasteiger partial charge < -0.3 is 15.2 Å². The van der Waals surface area contributed by atoms with Crippen molar-refractivity contribution in [3.63, 3.8) is 0 Å². The predicted octanol–water partition coefficient (Wildman–Crippen LogP) is 4.05. The molecule has 0 saturated carbocycles. The molecule has 0 saturated heterocycles. The van der Waals surface area contributed by atoms with Gasteiger partial charge in [-0.05, 0) is 34.5 Å². The minimum absolute atomic E-state index is 0.152. The van der Waals surface area contributed by atoms with Crippen molar-refractivity contribution < 1.29 is 14.3 Å². The van der Waals surface area contributed by atoms with Crippen molar-refractivity contribution >= 4 is 28.3 Å². The van der Waals surface area contributed by atoms with Crippen LogP contribution in [0, 0.1) is 0 Å². The number of rotatable bonds is 3. The van der Waals surface area contributed by atoms with Crippen molar-refractivity contribution in [1.82, 2.24) is 0 Å². The number of carbonyl (C=O) groups is 1. The van der Waals surface area contributed by atoms with Crippen LogP contribution in [-0.2, 0) is 0 Å². The van der Waals surface area contributed by atoms with E-state index in [0.717, 1.165) is 10.9 Å². The molecule has 0 unspecified atom stereocenters. The van der Waals surface area contributed by atoms with E-state index in [0.29, 0.717) is 22.7 Å². The van der Waals surface area contributed by atoms with E-state index in [1.165, 1.54) is 11.5 Å². The van der Waals surface area contributed by atoms with Crippen LogP contribution in [0.2, 0.25) is 0 Å². The summed E-state index contributed by atoms with van der Waals surface area (Å²) in [4.78, 5) is 12.4. The molecule has 2 N–H and O–H groups in total. The van der Waals surface area contributed by atoms with Gasteiger partial charge in [0, 0.05) is 17.3 Å². The number of fused-ring (bicyclic) bond motifs is 2. The number of benzene rings is 3. The van der Waals surface area contributed by atoms with Crippen LogP contribution in [0.4, 0.5) is 5.69 Å². The maximum Gasteiger partial charge on any atom is 0.231 e. The predicted molar refractivity (Wildman–Crippen MR) is 94.3 cm³/mol. The number of carbonyl (C=O) groups excluding carboxylic acids is 1. The largest absolute Gasteiger partial charge is 0.454 e. The number of anilines is 1. The van der Waals surface area contributed by atoms with Gasteiger partial charge in [-0.15, -0.1) is 0 Å². The third-order valence-corrected chi connectivity index (χ3v) is 4.01. The molecule has 1 aliphatic heterocycles. The van der Waals surface area contributed by atoms with Crippen LogP contribution >= 0.6 is 0 Å². The van der Waals surface area contributed by atoms with E-state index in [1.807, 2.05) is 36.4 Å². The Morgan fingerprint density at radius 2 is 1.71 bits per heavy atom. The number of nitrogen functional groups attached to an aromatic ring is 1. The lowest BCUT2D eigenvalue weighted by Crippen LogP contribution is -2.00. The molecule has 3 aromatic carbocycles. The van der Waals surface area contributed by atoms with Crippen LogP contribution in [0.15, 0.2) is 60.7 Å². The van der Waals surface area contributed by atoms with Crippen molar-refractivity contribution in [2.45, 2.75) is 0 Å². The normalized spacial score (nSPS) is 12.8. The first-order chi connectivity index (χ1) is 11.7. The molecule has 0 fully saturated rings. The van der Waals surface area contributed by atoms with E-state index < -0.39 is 0 Å². The summed E-state index contributed by atoms with van der Waals surface area (Å²) in [5.74, 6) is 0.952. The number of ether oxygens (including phenoxy) is 2. The van der Waals surface area contributed by atoms with Gasteiger partial charge in [-0.25, -0.2) is 0 Å². The summed E-state index contributed by atoms with van der Waals surface area (Å²) in [7, 11) is 0. The third-order valence-electron chi connectivity index (χ3n) is 4.01. The van der Waals surface area contributed by atoms with Crippen molar-refractivity contribution in [3.8, 4) is 11.5 Å². The zero-order valence-corrected chi connectivity index (χ0v) is 12.9. The SMILES string of the molecule is Nc1cc2c(cc1C(=O)/C=C/c1ccc3ccccc3c1)OCO2. The highest BCUT2D eigenvalue weighted by Gasteiger charge is 2.18. The van der Waals surface area contributed by atoms with Gasteiger partial charge in [0.25, 0.3) is 0 Å². The second kappa shape index (κ2) is 5.74. The summed E-state index contributed by atoms with van der Waals surface area (Å²) in [5, 5.41) is 2.30. The average molecular weight is 317 g/mol. The molecule has 0 amide bonds. The standard InChI is InChI=1S/C20H15NO3/c21-17-11-20-19(23-12-24-20)10-16(17)18(22)8-6-13-5-7-14-3-1-2-4-15(14)9-13/h1-11H,12,21H2/b8-6+. The highest BCUT2D eigenvalue weighted by molar-refractivity contribution is 6.10. The summed E-state index contributed by atoms with van der Waals surface area (Å²) in [6, 6.07) is 17.4. The van der Waals surface area contributed by atoms with E-state index in [4.69, 9.17) is 15.2 Å². The lowest BCUT2D eigenvalue weighted by Gasteiger charge is -2.04. The van der Waals surface area contributed by atoms with Gasteiger partial charge in [0.1, 0.15) is 0 Å². The third kappa shape index (κ3) is 2.58. The highest BCUT2D eigenvalue weighted by atomic mass is 16.7. The Labute approximate surface area is 139 Å². The molecular weight excluding hydrogens is 302 g/mol. The molecule has 3 aromatic rings. The van der Waals surface area contributed by atoms with Gasteiger partial charge in [-0.1, -0.05) is 42.5 Å². The number of allylic oxidation sites excluding steroid dienone is 1. The average Bonchev–Trinajstić information content (AvgIpc) is 3.06. The molecule has 118 valence electrons. The minimum Gasteiger partial charge on any atom is -0.454 e. The van der Waals surface area contributed by atoms with Gasteiger partial charge in [0.2, 0.25) is 6.79 Å².